The van der Waals surface area contributed by atoms with Crippen LogP contribution in [0.1, 0.15) is 5.56 Å². The van der Waals surface area contributed by atoms with Crippen LogP contribution in [0.5, 0.6) is 0 Å². The number of hydrogen-bond donors (Lipinski definition) is 2. The third-order valence-corrected chi connectivity index (χ3v) is 3.11. The molecule has 18 heavy (non-hydrogen) atoms. The van der Waals surface area contributed by atoms with E-state index in [9.17, 15) is 4.79 Å². The first-order valence-corrected chi connectivity index (χ1v) is 6.52. The van der Waals surface area contributed by atoms with Gasteiger partial charge in [-0.05, 0) is 24.6 Å². The van der Waals surface area contributed by atoms with Gasteiger partial charge in [0.25, 0.3) is 5.91 Å². The van der Waals surface area contributed by atoms with Crippen LogP contribution < -0.4 is 10.6 Å². The molecule has 0 aliphatic heterocycles. The minimum Gasteiger partial charge on any atom is -0.342 e. The van der Waals surface area contributed by atoms with E-state index in [1.165, 1.54) is 11.3 Å². The fourth-order valence-corrected chi connectivity index (χ4v) is 2.04. The fourth-order valence-electron chi connectivity index (χ4n) is 1.35. The van der Waals surface area contributed by atoms with Crippen LogP contribution in [0.25, 0.3) is 0 Å². The number of benzene rings is 1. The Morgan fingerprint density at radius 1 is 1.39 bits per heavy atom. The lowest BCUT2D eigenvalue weighted by atomic mass is 10.2. The molecule has 0 fully saturated rings. The van der Waals surface area contributed by atoms with Crippen molar-refractivity contribution < 1.29 is 4.79 Å². The minimum atomic E-state index is -0.360. The van der Waals surface area contributed by atoms with Crippen molar-refractivity contribution in [3.63, 3.8) is 0 Å². The second-order valence-corrected chi connectivity index (χ2v) is 4.92. The first kappa shape index (κ1) is 12.7. The number of aryl methyl sites for hydroxylation is 1. The fraction of sp³-hybridized carbons (Fsp3) is 0.0833. The van der Waals surface area contributed by atoms with Gasteiger partial charge in [-0.3, -0.25) is 10.1 Å². The largest absolute Gasteiger partial charge is 0.342 e. The molecule has 0 aliphatic rings. The van der Waals surface area contributed by atoms with Crippen molar-refractivity contribution in [3.05, 3.63) is 41.4 Å². The number of hydrogen-bond acceptors (Lipinski definition) is 4. The van der Waals surface area contributed by atoms with Crippen LogP contribution >= 0.6 is 23.6 Å². The van der Waals surface area contributed by atoms with Crippen molar-refractivity contribution >= 4 is 45.3 Å². The summed E-state index contributed by atoms with van der Waals surface area (Å²) in [5.41, 5.74) is 1.90. The smallest absolute Gasteiger partial charge is 0.285 e. The first-order valence-electron chi connectivity index (χ1n) is 5.23. The van der Waals surface area contributed by atoms with Gasteiger partial charge in [-0.15, -0.1) is 11.3 Å². The van der Waals surface area contributed by atoms with Crippen molar-refractivity contribution in [2.45, 2.75) is 6.92 Å². The van der Waals surface area contributed by atoms with Crippen LogP contribution in [0.2, 0.25) is 0 Å². The summed E-state index contributed by atoms with van der Waals surface area (Å²) in [6.07, 6.45) is 1.62. The maximum Gasteiger partial charge on any atom is 0.285 e. The number of amides is 1. The molecule has 2 aromatic rings. The summed E-state index contributed by atoms with van der Waals surface area (Å²) in [5, 5.41) is 7.83. The number of aromatic nitrogens is 1. The molecule has 2 N–H and O–H groups in total. The number of thiocarbonyl (C=S) groups is 1. The second kappa shape index (κ2) is 5.70. The molecule has 0 saturated carbocycles. The van der Waals surface area contributed by atoms with E-state index >= 15 is 0 Å². The Morgan fingerprint density at radius 3 is 2.89 bits per heavy atom. The van der Waals surface area contributed by atoms with E-state index in [0.29, 0.717) is 5.13 Å². The molecule has 0 unspecified atom stereocenters. The number of anilines is 2. The van der Waals surface area contributed by atoms with Crippen molar-refractivity contribution in [2.24, 2.45) is 0 Å². The summed E-state index contributed by atoms with van der Waals surface area (Å²) < 4.78 is 0. The summed E-state index contributed by atoms with van der Waals surface area (Å²) in [7, 11) is 0. The maximum absolute atomic E-state index is 11.8. The Bertz CT molecular complexity index is 566. The Kier molecular flexibility index (Phi) is 4.01. The van der Waals surface area contributed by atoms with Crippen LogP contribution in [0.3, 0.4) is 0 Å². The monoisotopic (exact) mass is 277 g/mol. The predicted octanol–water partition coefficient (Wildman–Crippen LogP) is 2.83. The van der Waals surface area contributed by atoms with E-state index in [2.05, 4.69) is 15.6 Å². The Hall–Kier alpha value is -1.79. The highest BCUT2D eigenvalue weighted by atomic mass is 32.1. The van der Waals surface area contributed by atoms with Crippen LogP contribution in [0, 0.1) is 6.92 Å². The minimum absolute atomic E-state index is 0.121. The van der Waals surface area contributed by atoms with Crippen molar-refractivity contribution in [2.75, 3.05) is 10.6 Å². The SMILES string of the molecule is Cc1cccc(NC(=S)C(=O)Nc2nccs2)c1. The van der Waals surface area contributed by atoms with Crippen molar-refractivity contribution in [1.29, 1.82) is 0 Å². The average molecular weight is 277 g/mol. The number of thiazole rings is 1. The summed E-state index contributed by atoms with van der Waals surface area (Å²) in [6.45, 7) is 1.98. The van der Waals surface area contributed by atoms with Gasteiger partial charge in [0.2, 0.25) is 0 Å². The van der Waals surface area contributed by atoms with E-state index in [-0.39, 0.29) is 10.9 Å². The molecule has 2 rings (SSSR count). The molecule has 6 heteroatoms. The molecule has 0 atom stereocenters. The molecule has 1 aromatic heterocycles. The van der Waals surface area contributed by atoms with Crippen molar-refractivity contribution in [3.8, 4) is 0 Å². The third-order valence-electron chi connectivity index (χ3n) is 2.13. The van der Waals surface area contributed by atoms with E-state index in [1.807, 2.05) is 31.2 Å². The molecule has 92 valence electrons. The van der Waals surface area contributed by atoms with Crippen LogP contribution in [0.15, 0.2) is 35.8 Å². The highest BCUT2D eigenvalue weighted by Crippen LogP contribution is 2.12. The van der Waals surface area contributed by atoms with E-state index < -0.39 is 0 Å². The molecule has 1 aromatic carbocycles. The zero-order valence-electron chi connectivity index (χ0n) is 9.64. The van der Waals surface area contributed by atoms with Gasteiger partial charge in [0.05, 0.1) is 0 Å². The highest BCUT2D eigenvalue weighted by Gasteiger charge is 2.10. The molecule has 0 bridgehead atoms. The number of carbonyl (C=O) groups excluding carboxylic acids is 1. The number of rotatable bonds is 2. The lowest BCUT2D eigenvalue weighted by Crippen LogP contribution is -2.27. The summed E-state index contributed by atoms with van der Waals surface area (Å²) in [5.74, 6) is -0.360. The van der Waals surface area contributed by atoms with Crippen LogP contribution in [-0.4, -0.2) is 15.9 Å². The zero-order chi connectivity index (χ0) is 13.0. The van der Waals surface area contributed by atoms with Crippen LogP contribution in [0.4, 0.5) is 10.8 Å². The molecule has 0 aliphatic carbocycles. The van der Waals surface area contributed by atoms with E-state index in [0.717, 1.165) is 11.3 Å². The predicted molar refractivity (Wildman–Crippen MR) is 78.1 cm³/mol. The van der Waals surface area contributed by atoms with Gasteiger partial charge in [-0.2, -0.15) is 0 Å². The number of nitrogens with one attached hydrogen (secondary N) is 2. The molecule has 1 heterocycles. The van der Waals surface area contributed by atoms with Crippen LogP contribution in [-0.2, 0) is 4.79 Å². The molecule has 0 radical (unpaired) electrons. The molecule has 4 nitrogen and oxygen atoms in total. The Morgan fingerprint density at radius 2 is 2.22 bits per heavy atom. The van der Waals surface area contributed by atoms with Gasteiger partial charge >= 0.3 is 0 Å². The van der Waals surface area contributed by atoms with E-state index in [1.54, 1.807) is 11.6 Å². The molecular formula is C12H11N3OS2. The topological polar surface area (TPSA) is 54.0 Å². The van der Waals surface area contributed by atoms with Crippen molar-refractivity contribution in [1.82, 2.24) is 4.98 Å². The number of nitrogens with zero attached hydrogens (tertiary/aromatic N) is 1. The number of carbonyl (C=O) groups is 1. The lowest BCUT2D eigenvalue weighted by Gasteiger charge is -2.07. The van der Waals surface area contributed by atoms with Gasteiger partial charge in [-0.25, -0.2) is 4.98 Å². The summed E-state index contributed by atoms with van der Waals surface area (Å²) >= 11 is 6.38. The Labute approximate surface area is 114 Å². The van der Waals surface area contributed by atoms with E-state index in [4.69, 9.17) is 12.2 Å². The van der Waals surface area contributed by atoms with Gasteiger partial charge in [0, 0.05) is 17.3 Å². The standard InChI is InChI=1S/C12H11N3OS2/c1-8-3-2-4-9(7-8)14-11(17)10(16)15-12-13-5-6-18-12/h2-7H,1H3,(H,14,17)(H,13,15,16). The van der Waals surface area contributed by atoms with Gasteiger partial charge < -0.3 is 5.32 Å². The molecule has 0 saturated heterocycles. The molecular weight excluding hydrogens is 266 g/mol. The Balaban J connectivity index is 1.97. The molecule has 1 amide bonds. The third kappa shape index (κ3) is 3.35. The lowest BCUT2D eigenvalue weighted by molar-refractivity contribution is -0.110. The second-order valence-electron chi connectivity index (χ2n) is 3.61. The van der Waals surface area contributed by atoms with Gasteiger partial charge in [0.15, 0.2) is 10.1 Å². The quantitative estimate of drug-likeness (QED) is 0.829. The van der Waals surface area contributed by atoms with Gasteiger partial charge in [0.1, 0.15) is 0 Å². The first-order chi connectivity index (χ1) is 8.65. The molecule has 0 spiro atoms. The van der Waals surface area contributed by atoms with Gasteiger partial charge in [-0.1, -0.05) is 24.4 Å². The summed E-state index contributed by atoms with van der Waals surface area (Å²) in [6, 6.07) is 7.65. The highest BCUT2D eigenvalue weighted by molar-refractivity contribution is 7.82. The maximum atomic E-state index is 11.8. The zero-order valence-corrected chi connectivity index (χ0v) is 11.3. The average Bonchev–Trinajstić information content (AvgIpc) is 2.81. The normalized spacial score (nSPS) is 9.83. The summed E-state index contributed by atoms with van der Waals surface area (Å²) in [4.78, 5) is 15.8.